The van der Waals surface area contributed by atoms with Gasteiger partial charge in [-0.1, -0.05) is 30.3 Å². The van der Waals surface area contributed by atoms with Crippen LogP contribution in [0.4, 0.5) is 5.69 Å². The van der Waals surface area contributed by atoms with Gasteiger partial charge in [0, 0.05) is 18.5 Å². The topological polar surface area (TPSA) is 98.5 Å². The normalized spacial score (nSPS) is 16.8. The quantitative estimate of drug-likeness (QED) is 0.651. The molecule has 8 heteroatoms. The van der Waals surface area contributed by atoms with Crippen molar-refractivity contribution in [1.82, 2.24) is 4.72 Å². The molecule has 1 aliphatic rings. The van der Waals surface area contributed by atoms with Crippen LogP contribution < -0.4 is 9.46 Å². The SMILES string of the molecule is Cc1cccc([N+](=O)[O-])c1S(=O)(=O)NCC1COc2ccccc2C1. The smallest absolute Gasteiger partial charge is 0.289 e. The molecule has 132 valence electrons. The van der Waals surface area contributed by atoms with Gasteiger partial charge in [-0.25, -0.2) is 13.1 Å². The molecule has 0 aromatic heterocycles. The molecule has 1 heterocycles. The second kappa shape index (κ2) is 6.81. The molecule has 0 fully saturated rings. The number of nitrogens with zero attached hydrogens (tertiary/aromatic N) is 1. The van der Waals surface area contributed by atoms with Gasteiger partial charge in [-0.05, 0) is 30.5 Å². The Hall–Kier alpha value is -2.45. The van der Waals surface area contributed by atoms with Crippen LogP contribution in [0.5, 0.6) is 5.75 Å². The lowest BCUT2D eigenvalue weighted by molar-refractivity contribution is -0.387. The van der Waals surface area contributed by atoms with Crippen LogP contribution in [0.2, 0.25) is 0 Å². The number of para-hydroxylation sites is 1. The summed E-state index contributed by atoms with van der Waals surface area (Å²) in [6.45, 7) is 2.10. The Balaban J connectivity index is 1.77. The van der Waals surface area contributed by atoms with Crippen LogP contribution in [0.15, 0.2) is 47.4 Å². The number of aryl methyl sites for hydroxylation is 1. The van der Waals surface area contributed by atoms with Gasteiger partial charge in [0.25, 0.3) is 5.69 Å². The van der Waals surface area contributed by atoms with Crippen molar-refractivity contribution < 1.29 is 18.1 Å². The summed E-state index contributed by atoms with van der Waals surface area (Å²) in [4.78, 5) is 10.2. The van der Waals surface area contributed by atoms with Crippen molar-refractivity contribution in [1.29, 1.82) is 0 Å². The molecule has 2 aromatic rings. The van der Waals surface area contributed by atoms with Crippen LogP contribution in [0.1, 0.15) is 11.1 Å². The summed E-state index contributed by atoms with van der Waals surface area (Å²) in [7, 11) is -3.99. The van der Waals surface area contributed by atoms with Gasteiger partial charge in [-0.15, -0.1) is 0 Å². The van der Waals surface area contributed by atoms with Crippen LogP contribution in [0.25, 0.3) is 0 Å². The molecule has 1 aliphatic heterocycles. The van der Waals surface area contributed by atoms with Gasteiger partial charge in [-0.3, -0.25) is 10.1 Å². The molecule has 0 spiro atoms. The highest BCUT2D eigenvalue weighted by Gasteiger charge is 2.29. The van der Waals surface area contributed by atoms with E-state index >= 15 is 0 Å². The molecule has 0 saturated heterocycles. The van der Waals surface area contributed by atoms with E-state index in [-0.39, 0.29) is 17.4 Å². The van der Waals surface area contributed by atoms with Crippen LogP contribution in [0.3, 0.4) is 0 Å². The molecule has 1 atom stereocenters. The molecular formula is C17H18N2O5S. The van der Waals surface area contributed by atoms with Crippen molar-refractivity contribution in [2.24, 2.45) is 5.92 Å². The summed E-state index contributed by atoms with van der Waals surface area (Å²) < 4.78 is 33.4. The third-order valence-corrected chi connectivity index (χ3v) is 5.79. The van der Waals surface area contributed by atoms with Crippen molar-refractivity contribution in [3.8, 4) is 5.75 Å². The lowest BCUT2D eigenvalue weighted by Gasteiger charge is -2.25. The van der Waals surface area contributed by atoms with E-state index < -0.39 is 20.6 Å². The summed E-state index contributed by atoms with van der Waals surface area (Å²) in [5, 5.41) is 11.2. The minimum atomic E-state index is -3.99. The fourth-order valence-corrected chi connectivity index (χ4v) is 4.46. The molecule has 0 amide bonds. The van der Waals surface area contributed by atoms with Gasteiger partial charge in [0.05, 0.1) is 11.5 Å². The van der Waals surface area contributed by atoms with Crippen LogP contribution in [-0.4, -0.2) is 26.5 Å². The van der Waals surface area contributed by atoms with Gasteiger partial charge in [0.15, 0.2) is 4.90 Å². The Morgan fingerprint density at radius 1 is 1.24 bits per heavy atom. The number of hydrogen-bond acceptors (Lipinski definition) is 5. The van der Waals surface area contributed by atoms with E-state index in [9.17, 15) is 18.5 Å². The zero-order valence-corrected chi connectivity index (χ0v) is 14.5. The molecule has 0 saturated carbocycles. The summed E-state index contributed by atoms with van der Waals surface area (Å²) in [5.41, 5.74) is 0.949. The predicted molar refractivity (Wildman–Crippen MR) is 92.2 cm³/mol. The van der Waals surface area contributed by atoms with E-state index in [0.29, 0.717) is 18.6 Å². The number of fused-ring (bicyclic) bond motifs is 1. The van der Waals surface area contributed by atoms with Crippen molar-refractivity contribution in [2.75, 3.05) is 13.2 Å². The summed E-state index contributed by atoms with van der Waals surface area (Å²) in [5.74, 6) is 0.781. The first-order chi connectivity index (χ1) is 11.9. The predicted octanol–water partition coefficient (Wildman–Crippen LogP) is 2.43. The second-order valence-electron chi connectivity index (χ2n) is 6.02. The molecule has 0 bridgehead atoms. The second-order valence-corrected chi connectivity index (χ2v) is 7.72. The fraction of sp³-hybridized carbons (Fsp3) is 0.294. The Morgan fingerprint density at radius 3 is 2.76 bits per heavy atom. The zero-order chi connectivity index (χ0) is 18.0. The third kappa shape index (κ3) is 3.64. The van der Waals surface area contributed by atoms with Gasteiger partial charge in [-0.2, -0.15) is 0 Å². The zero-order valence-electron chi connectivity index (χ0n) is 13.6. The summed E-state index contributed by atoms with van der Waals surface area (Å²) in [6, 6.07) is 11.8. The maximum absolute atomic E-state index is 12.6. The molecule has 1 N–H and O–H groups in total. The lowest BCUT2D eigenvalue weighted by atomic mass is 9.97. The van der Waals surface area contributed by atoms with Gasteiger partial charge < -0.3 is 4.74 Å². The summed E-state index contributed by atoms with van der Waals surface area (Å²) >= 11 is 0. The van der Waals surface area contributed by atoms with Crippen LogP contribution in [0, 0.1) is 23.0 Å². The average Bonchev–Trinajstić information content (AvgIpc) is 2.59. The number of nitro benzene ring substituents is 1. The van der Waals surface area contributed by atoms with E-state index in [1.165, 1.54) is 12.1 Å². The third-order valence-electron chi connectivity index (χ3n) is 4.17. The number of rotatable bonds is 5. The average molecular weight is 362 g/mol. The summed E-state index contributed by atoms with van der Waals surface area (Å²) in [6.07, 6.45) is 0.689. The van der Waals surface area contributed by atoms with Gasteiger partial charge >= 0.3 is 0 Å². The van der Waals surface area contributed by atoms with Gasteiger partial charge in [0.2, 0.25) is 10.0 Å². The number of nitrogens with one attached hydrogen (secondary N) is 1. The Kier molecular flexibility index (Phi) is 4.73. The highest BCUT2D eigenvalue weighted by molar-refractivity contribution is 7.89. The molecule has 0 radical (unpaired) electrons. The van der Waals surface area contributed by atoms with Gasteiger partial charge in [0.1, 0.15) is 5.75 Å². The molecule has 25 heavy (non-hydrogen) atoms. The maximum Gasteiger partial charge on any atom is 0.289 e. The monoisotopic (exact) mass is 362 g/mol. The number of ether oxygens (including phenoxy) is 1. The molecule has 0 aliphatic carbocycles. The molecule has 2 aromatic carbocycles. The minimum absolute atomic E-state index is 0.0345. The van der Waals surface area contributed by atoms with Crippen LogP contribution >= 0.6 is 0 Å². The highest BCUT2D eigenvalue weighted by Crippen LogP contribution is 2.28. The fourth-order valence-electron chi connectivity index (χ4n) is 2.95. The Labute approximate surface area is 145 Å². The molecule has 7 nitrogen and oxygen atoms in total. The first kappa shape index (κ1) is 17.4. The highest BCUT2D eigenvalue weighted by atomic mass is 32.2. The Morgan fingerprint density at radius 2 is 2.00 bits per heavy atom. The first-order valence-electron chi connectivity index (χ1n) is 7.83. The van der Waals surface area contributed by atoms with Crippen molar-refractivity contribution in [3.63, 3.8) is 0 Å². The largest absolute Gasteiger partial charge is 0.493 e. The molecular weight excluding hydrogens is 344 g/mol. The van der Waals surface area contributed by atoms with E-state index in [2.05, 4.69) is 4.72 Å². The lowest BCUT2D eigenvalue weighted by Crippen LogP contribution is -2.35. The van der Waals surface area contributed by atoms with E-state index in [1.54, 1.807) is 13.0 Å². The van der Waals surface area contributed by atoms with E-state index in [4.69, 9.17) is 4.74 Å². The van der Waals surface area contributed by atoms with Crippen molar-refractivity contribution in [2.45, 2.75) is 18.2 Å². The van der Waals surface area contributed by atoms with Crippen LogP contribution in [-0.2, 0) is 16.4 Å². The standard InChI is InChI=1S/C17H18N2O5S/c1-12-5-4-7-15(19(20)21)17(12)25(22,23)18-10-13-9-14-6-2-3-8-16(14)24-11-13/h2-8,13,18H,9-11H2,1H3. The Bertz CT molecular complexity index is 911. The first-order valence-corrected chi connectivity index (χ1v) is 9.31. The van der Waals surface area contributed by atoms with E-state index in [0.717, 1.165) is 11.3 Å². The minimum Gasteiger partial charge on any atom is -0.493 e. The number of hydrogen-bond donors (Lipinski definition) is 1. The number of nitro groups is 1. The van der Waals surface area contributed by atoms with E-state index in [1.807, 2.05) is 24.3 Å². The number of sulfonamides is 1. The maximum atomic E-state index is 12.6. The number of benzene rings is 2. The van der Waals surface area contributed by atoms with Crippen molar-refractivity contribution in [3.05, 3.63) is 63.7 Å². The molecule has 1 unspecified atom stereocenters. The van der Waals surface area contributed by atoms with Crippen molar-refractivity contribution >= 4 is 15.7 Å². The molecule has 3 rings (SSSR count).